The number of sulfonamides is 1. The van der Waals surface area contributed by atoms with Gasteiger partial charge in [-0.3, -0.25) is 4.72 Å². The van der Waals surface area contributed by atoms with Crippen molar-refractivity contribution in [3.05, 3.63) is 52.0 Å². The Hall–Kier alpha value is -1.64. The second-order valence-corrected chi connectivity index (χ2v) is 8.66. The number of benzene rings is 2. The van der Waals surface area contributed by atoms with Crippen LogP contribution in [0.2, 0.25) is 10.0 Å². The predicted octanol–water partition coefficient (Wildman–Crippen LogP) is 5.66. The lowest BCUT2D eigenvalue weighted by molar-refractivity contribution is -0.137. The highest BCUT2D eigenvalue weighted by Gasteiger charge is 2.36. The van der Waals surface area contributed by atoms with Crippen LogP contribution in [0.4, 0.5) is 30.2 Å². The highest BCUT2D eigenvalue weighted by Crippen LogP contribution is 2.38. The van der Waals surface area contributed by atoms with Gasteiger partial charge in [-0.2, -0.15) is 13.2 Å². The van der Waals surface area contributed by atoms with Crippen LogP contribution in [-0.4, -0.2) is 13.7 Å². The summed E-state index contributed by atoms with van der Waals surface area (Å²) in [6.07, 6.45) is -3.32. The van der Waals surface area contributed by atoms with Crippen LogP contribution in [0.15, 0.2) is 36.4 Å². The van der Waals surface area contributed by atoms with Gasteiger partial charge in [0, 0.05) is 5.02 Å². The molecule has 3 rings (SSSR count). The van der Waals surface area contributed by atoms with Crippen molar-refractivity contribution in [1.29, 1.82) is 0 Å². The van der Waals surface area contributed by atoms with Gasteiger partial charge in [0.25, 0.3) is 0 Å². The van der Waals surface area contributed by atoms with Crippen LogP contribution >= 0.6 is 23.2 Å². The molecule has 140 valence electrons. The standard InChI is InChI=1S/C16H13Cl2F3N2O2S/c17-10-2-6-14(23-26(24,25)11-3-4-11)15(8-10)22-13-5-1-9(7-12(13)18)16(19,20)21/h1-2,5-8,11,22-23H,3-4H2. The Kier molecular flexibility index (Phi) is 5.02. The third kappa shape index (κ3) is 4.36. The van der Waals surface area contributed by atoms with Crippen molar-refractivity contribution in [2.75, 3.05) is 10.0 Å². The molecule has 0 saturated heterocycles. The van der Waals surface area contributed by atoms with Crippen LogP contribution < -0.4 is 10.0 Å². The van der Waals surface area contributed by atoms with Gasteiger partial charge in [0.2, 0.25) is 10.0 Å². The summed E-state index contributed by atoms with van der Waals surface area (Å²) in [5.74, 6) is 0. The van der Waals surface area contributed by atoms with Gasteiger partial charge in [-0.15, -0.1) is 0 Å². The molecule has 2 aromatic rings. The van der Waals surface area contributed by atoms with Crippen molar-refractivity contribution in [3.63, 3.8) is 0 Å². The Morgan fingerprint density at radius 3 is 2.19 bits per heavy atom. The van der Waals surface area contributed by atoms with Crippen LogP contribution in [-0.2, 0) is 16.2 Å². The van der Waals surface area contributed by atoms with E-state index in [-0.39, 0.29) is 22.1 Å². The van der Waals surface area contributed by atoms with Gasteiger partial charge < -0.3 is 5.32 Å². The molecule has 0 aliphatic heterocycles. The zero-order valence-corrected chi connectivity index (χ0v) is 15.4. The number of alkyl halides is 3. The quantitative estimate of drug-likeness (QED) is 0.650. The molecule has 0 amide bonds. The molecule has 4 nitrogen and oxygen atoms in total. The Labute approximate surface area is 158 Å². The van der Waals surface area contributed by atoms with Crippen molar-refractivity contribution in [2.45, 2.75) is 24.3 Å². The van der Waals surface area contributed by atoms with Crippen molar-refractivity contribution >= 4 is 50.3 Å². The van der Waals surface area contributed by atoms with Crippen molar-refractivity contribution in [3.8, 4) is 0 Å². The minimum atomic E-state index is -4.51. The molecule has 2 N–H and O–H groups in total. The smallest absolute Gasteiger partial charge is 0.353 e. The molecule has 0 heterocycles. The number of hydrogen-bond acceptors (Lipinski definition) is 3. The van der Waals surface area contributed by atoms with Crippen molar-refractivity contribution < 1.29 is 21.6 Å². The third-order valence-corrected chi connectivity index (χ3v) is 6.16. The topological polar surface area (TPSA) is 58.2 Å². The molecular weight excluding hydrogens is 412 g/mol. The van der Waals surface area contributed by atoms with E-state index in [1.807, 2.05) is 0 Å². The molecule has 1 aliphatic carbocycles. The van der Waals surface area contributed by atoms with E-state index in [9.17, 15) is 21.6 Å². The van der Waals surface area contributed by atoms with Gasteiger partial charge in [0.15, 0.2) is 0 Å². The SMILES string of the molecule is O=S(=O)(Nc1ccc(Cl)cc1Nc1ccc(C(F)(F)F)cc1Cl)C1CC1. The van der Waals surface area contributed by atoms with Gasteiger partial charge in [-0.05, 0) is 49.2 Å². The Morgan fingerprint density at radius 1 is 0.962 bits per heavy atom. The highest BCUT2D eigenvalue weighted by molar-refractivity contribution is 7.93. The summed E-state index contributed by atoms with van der Waals surface area (Å²) in [5.41, 5.74) is -0.178. The van der Waals surface area contributed by atoms with Gasteiger partial charge in [0.05, 0.1) is 32.9 Å². The zero-order chi connectivity index (χ0) is 19.1. The summed E-state index contributed by atoms with van der Waals surface area (Å²) in [6, 6.07) is 7.29. The maximum atomic E-state index is 12.7. The van der Waals surface area contributed by atoms with Gasteiger partial charge >= 0.3 is 6.18 Å². The lowest BCUT2D eigenvalue weighted by atomic mass is 10.2. The third-order valence-electron chi connectivity index (χ3n) is 3.76. The van der Waals surface area contributed by atoms with Crippen LogP contribution in [0, 0.1) is 0 Å². The van der Waals surface area contributed by atoms with Gasteiger partial charge in [-0.1, -0.05) is 23.2 Å². The summed E-state index contributed by atoms with van der Waals surface area (Å²) < 4.78 is 65.0. The van der Waals surface area contributed by atoms with E-state index in [2.05, 4.69) is 10.0 Å². The summed E-state index contributed by atoms with van der Waals surface area (Å²) in [6.45, 7) is 0. The first-order chi connectivity index (χ1) is 12.1. The van der Waals surface area contributed by atoms with Crippen molar-refractivity contribution in [1.82, 2.24) is 0 Å². The average Bonchev–Trinajstić information content (AvgIpc) is 3.36. The van der Waals surface area contributed by atoms with E-state index < -0.39 is 27.0 Å². The van der Waals surface area contributed by atoms with E-state index in [0.717, 1.165) is 12.1 Å². The lowest BCUT2D eigenvalue weighted by Crippen LogP contribution is -2.18. The molecule has 0 atom stereocenters. The van der Waals surface area contributed by atoms with Crippen molar-refractivity contribution in [2.24, 2.45) is 0 Å². The van der Waals surface area contributed by atoms with E-state index in [1.54, 1.807) is 0 Å². The summed E-state index contributed by atoms with van der Waals surface area (Å²) in [7, 11) is -3.52. The normalized spacial score (nSPS) is 15.0. The molecule has 26 heavy (non-hydrogen) atoms. The fourth-order valence-corrected chi connectivity index (χ4v) is 4.07. The minimum Gasteiger partial charge on any atom is -0.353 e. The first kappa shape index (κ1) is 19.1. The number of hydrogen-bond donors (Lipinski definition) is 2. The van der Waals surface area contributed by atoms with Crippen LogP contribution in [0.5, 0.6) is 0 Å². The molecule has 0 aromatic heterocycles. The van der Waals surface area contributed by atoms with Crippen LogP contribution in [0.25, 0.3) is 0 Å². The molecule has 1 saturated carbocycles. The fraction of sp³-hybridized carbons (Fsp3) is 0.250. The predicted molar refractivity (Wildman–Crippen MR) is 96.8 cm³/mol. The summed E-state index contributed by atoms with van der Waals surface area (Å²) >= 11 is 11.9. The van der Waals surface area contributed by atoms with Gasteiger partial charge in [0.1, 0.15) is 0 Å². The molecule has 1 fully saturated rings. The molecule has 0 radical (unpaired) electrons. The number of nitrogens with one attached hydrogen (secondary N) is 2. The Bertz CT molecular complexity index is 945. The van der Waals surface area contributed by atoms with Crippen LogP contribution in [0.1, 0.15) is 18.4 Å². The Balaban J connectivity index is 1.91. The van der Waals surface area contributed by atoms with E-state index in [1.165, 1.54) is 24.3 Å². The molecule has 0 unspecified atom stereocenters. The zero-order valence-electron chi connectivity index (χ0n) is 13.1. The first-order valence-electron chi connectivity index (χ1n) is 7.51. The second kappa shape index (κ2) is 6.83. The molecular formula is C16H13Cl2F3N2O2S. The summed E-state index contributed by atoms with van der Waals surface area (Å²) in [5, 5.41) is 2.57. The van der Waals surface area contributed by atoms with Gasteiger partial charge in [-0.25, -0.2) is 8.42 Å². The maximum Gasteiger partial charge on any atom is 0.416 e. The number of anilines is 3. The molecule has 0 spiro atoms. The summed E-state index contributed by atoms with van der Waals surface area (Å²) in [4.78, 5) is 0. The Morgan fingerprint density at radius 2 is 1.62 bits per heavy atom. The maximum absolute atomic E-state index is 12.7. The number of halogens is 5. The van der Waals surface area contributed by atoms with E-state index in [4.69, 9.17) is 23.2 Å². The van der Waals surface area contributed by atoms with E-state index >= 15 is 0 Å². The molecule has 1 aliphatic rings. The van der Waals surface area contributed by atoms with E-state index in [0.29, 0.717) is 17.9 Å². The monoisotopic (exact) mass is 424 g/mol. The second-order valence-electron chi connectivity index (χ2n) is 5.85. The average molecular weight is 425 g/mol. The minimum absolute atomic E-state index is 0.157. The molecule has 10 heteroatoms. The largest absolute Gasteiger partial charge is 0.416 e. The number of rotatable bonds is 5. The first-order valence-corrected chi connectivity index (χ1v) is 9.81. The lowest BCUT2D eigenvalue weighted by Gasteiger charge is -2.16. The fourth-order valence-electron chi connectivity index (χ4n) is 2.26. The highest BCUT2D eigenvalue weighted by atomic mass is 35.5. The van der Waals surface area contributed by atoms with Crippen LogP contribution in [0.3, 0.4) is 0 Å². The molecule has 2 aromatic carbocycles. The molecule has 0 bridgehead atoms.